The van der Waals surface area contributed by atoms with Crippen LogP contribution in [0.25, 0.3) is 32.6 Å². The topological polar surface area (TPSA) is 69.5 Å². The molecule has 2 aromatic carbocycles. The third-order valence-corrected chi connectivity index (χ3v) is 9.71. The van der Waals surface area contributed by atoms with Crippen LogP contribution in [0.4, 0.5) is 8.78 Å². The Morgan fingerprint density at radius 3 is 2.69 bits per heavy atom. The zero-order valence-corrected chi connectivity index (χ0v) is 25.8. The number of aromatic nitrogens is 3. The summed E-state index contributed by atoms with van der Waals surface area (Å²) in [6, 6.07) is 16.2. The summed E-state index contributed by atoms with van der Waals surface area (Å²) in [6.45, 7) is 6.96. The zero-order valence-electron chi connectivity index (χ0n) is 25.0. The van der Waals surface area contributed by atoms with Crippen molar-refractivity contribution in [2.75, 3.05) is 26.9 Å². The van der Waals surface area contributed by atoms with E-state index in [1.54, 1.807) is 4.90 Å². The normalized spacial score (nSPS) is 19.0. The molecule has 0 bridgehead atoms. The van der Waals surface area contributed by atoms with E-state index in [0.29, 0.717) is 36.0 Å². The molecule has 0 unspecified atom stereocenters. The van der Waals surface area contributed by atoms with Crippen LogP contribution in [0.5, 0.6) is 5.75 Å². The number of thiophene rings is 1. The summed E-state index contributed by atoms with van der Waals surface area (Å²) in [7, 11) is 1.54. The maximum Gasteiger partial charge on any atom is 0.246 e. The van der Waals surface area contributed by atoms with E-state index in [1.165, 1.54) is 36.2 Å². The number of rotatable bonds is 9. The Kier molecular flexibility index (Phi) is 7.71. The smallest absolute Gasteiger partial charge is 0.246 e. The molecule has 2 aliphatic rings. The van der Waals surface area contributed by atoms with Gasteiger partial charge in [0.05, 0.1) is 36.1 Å². The van der Waals surface area contributed by atoms with Crippen molar-refractivity contribution >= 4 is 27.3 Å². The minimum atomic E-state index is -0.749. The number of carbonyl (C=O) groups excluding carboxylic acids is 1. The Morgan fingerprint density at radius 1 is 1.09 bits per heavy atom. The largest absolute Gasteiger partial charge is 0.490 e. The lowest BCUT2D eigenvalue weighted by molar-refractivity contribution is -0.129. The Balaban J connectivity index is 1.44. The molecule has 0 radical (unpaired) electrons. The molecule has 7 rings (SSSR count). The number of methoxy groups -OCH3 is 1. The fraction of sp³-hybridized carbons (Fsp3) is 0.286. The molecule has 1 amide bonds. The summed E-state index contributed by atoms with van der Waals surface area (Å²) in [5.74, 6) is -1.05. The Bertz CT molecular complexity index is 1920. The highest BCUT2D eigenvalue weighted by Gasteiger charge is 2.42. The number of halogens is 2. The van der Waals surface area contributed by atoms with Crippen LogP contribution in [-0.4, -0.2) is 52.4 Å². The van der Waals surface area contributed by atoms with Crippen LogP contribution in [0, 0.1) is 11.6 Å². The van der Waals surface area contributed by atoms with E-state index in [1.807, 2.05) is 47.3 Å². The van der Waals surface area contributed by atoms with Gasteiger partial charge in [0.25, 0.3) is 0 Å². The summed E-state index contributed by atoms with van der Waals surface area (Å²) < 4.78 is 44.4. The van der Waals surface area contributed by atoms with Crippen molar-refractivity contribution in [1.82, 2.24) is 19.7 Å². The van der Waals surface area contributed by atoms with Gasteiger partial charge in [0.2, 0.25) is 5.91 Å². The minimum Gasteiger partial charge on any atom is -0.490 e. The summed E-state index contributed by atoms with van der Waals surface area (Å²) in [5.41, 5.74) is 4.73. The third-order valence-electron chi connectivity index (χ3n) is 8.78. The molecular weight excluding hydrogens is 594 g/mol. The third kappa shape index (κ3) is 5.21. The van der Waals surface area contributed by atoms with E-state index < -0.39 is 11.6 Å². The first kappa shape index (κ1) is 29.3. The van der Waals surface area contributed by atoms with Crippen molar-refractivity contribution in [2.45, 2.75) is 37.8 Å². The first-order valence-corrected chi connectivity index (χ1v) is 15.9. The number of hydrogen-bond donors (Lipinski definition) is 0. The molecule has 0 spiro atoms. The predicted molar refractivity (Wildman–Crippen MR) is 170 cm³/mol. The maximum atomic E-state index is 16.0. The van der Waals surface area contributed by atoms with Crippen molar-refractivity contribution in [3.05, 3.63) is 101 Å². The van der Waals surface area contributed by atoms with Crippen LogP contribution < -0.4 is 4.74 Å². The van der Waals surface area contributed by atoms with Crippen LogP contribution in [-0.2, 0) is 16.1 Å². The molecule has 0 N–H and O–H groups in total. The molecule has 1 aliphatic heterocycles. The van der Waals surface area contributed by atoms with E-state index in [4.69, 9.17) is 19.6 Å². The lowest BCUT2D eigenvalue weighted by atomic mass is 9.96. The van der Waals surface area contributed by atoms with Gasteiger partial charge in [-0.3, -0.25) is 9.48 Å². The van der Waals surface area contributed by atoms with Gasteiger partial charge in [-0.05, 0) is 48.4 Å². The van der Waals surface area contributed by atoms with Crippen LogP contribution >= 0.6 is 11.3 Å². The number of pyridine rings is 1. The van der Waals surface area contributed by atoms with Gasteiger partial charge in [0.1, 0.15) is 35.4 Å². The highest BCUT2D eigenvalue weighted by Crippen LogP contribution is 2.57. The molecule has 45 heavy (non-hydrogen) atoms. The van der Waals surface area contributed by atoms with Crippen LogP contribution in [0.2, 0.25) is 0 Å². The van der Waals surface area contributed by atoms with Crippen LogP contribution in [0.1, 0.15) is 48.2 Å². The van der Waals surface area contributed by atoms with E-state index in [0.717, 1.165) is 34.0 Å². The number of benzene rings is 2. The first-order valence-electron chi connectivity index (χ1n) is 15.0. The molecular formula is C35H32F2N4O3S. The second-order valence-corrected chi connectivity index (χ2v) is 12.4. The molecule has 230 valence electrons. The van der Waals surface area contributed by atoms with Crippen molar-refractivity contribution in [3.63, 3.8) is 0 Å². The van der Waals surface area contributed by atoms with E-state index >= 15 is 4.39 Å². The van der Waals surface area contributed by atoms with Crippen LogP contribution in [0.15, 0.2) is 72.6 Å². The average molecular weight is 627 g/mol. The lowest BCUT2D eigenvalue weighted by Crippen LogP contribution is -2.40. The first-order chi connectivity index (χ1) is 21.9. The second-order valence-electron chi connectivity index (χ2n) is 11.4. The highest BCUT2D eigenvalue weighted by molar-refractivity contribution is 7.17. The molecule has 3 aromatic heterocycles. The molecule has 5 aromatic rings. The SMILES string of the molecule is C=CC(=O)N1CCn2nc(-c3nc([C@H]4C[C@@H]4c4ccccc4)c4ccsc4c3-c3c(F)cc(F)cc3OCCOC)cc2[C@H]1C. The fourth-order valence-electron chi connectivity index (χ4n) is 6.49. The van der Waals surface area contributed by atoms with Crippen molar-refractivity contribution in [2.24, 2.45) is 0 Å². The Labute approximate surface area is 263 Å². The lowest BCUT2D eigenvalue weighted by Gasteiger charge is -2.33. The van der Waals surface area contributed by atoms with Gasteiger partial charge in [0.15, 0.2) is 0 Å². The number of carbonyl (C=O) groups is 1. The number of hydrogen-bond acceptors (Lipinski definition) is 6. The fourth-order valence-corrected chi connectivity index (χ4v) is 7.45. The monoisotopic (exact) mass is 626 g/mol. The highest BCUT2D eigenvalue weighted by atomic mass is 32.1. The molecule has 3 atom stereocenters. The minimum absolute atomic E-state index is 0.0729. The summed E-state index contributed by atoms with van der Waals surface area (Å²) in [6.07, 6.45) is 2.27. The van der Waals surface area contributed by atoms with Gasteiger partial charge >= 0.3 is 0 Å². The Hall–Kier alpha value is -4.41. The standard InChI is InChI=1S/C35H32F2N4O3S/c1-4-30(42)40-11-12-41-28(20(40)2)19-27(39-41)34-32(31-26(37)16-22(36)17-29(31)44-14-13-43-3)35-23(10-15-45-35)33(38-34)25-18-24(25)21-8-6-5-7-9-21/h4-10,15-17,19-20,24-25H,1,11-14,18H2,2-3H3/t20-,24-,25+/m1/s1. The molecule has 7 nitrogen and oxygen atoms in total. The second kappa shape index (κ2) is 11.8. The van der Waals surface area contributed by atoms with Gasteiger partial charge in [-0.25, -0.2) is 13.8 Å². The number of nitrogens with zero attached hydrogens (tertiary/aromatic N) is 4. The van der Waals surface area contributed by atoms with Gasteiger partial charge in [0, 0.05) is 47.4 Å². The molecule has 1 fully saturated rings. The summed E-state index contributed by atoms with van der Waals surface area (Å²) in [4.78, 5) is 19.6. The van der Waals surface area contributed by atoms with Crippen molar-refractivity contribution < 1.29 is 23.0 Å². The quantitative estimate of drug-likeness (QED) is 0.125. The molecule has 4 heterocycles. The van der Waals surface area contributed by atoms with E-state index in [-0.39, 0.29) is 42.4 Å². The molecule has 0 saturated heterocycles. The van der Waals surface area contributed by atoms with E-state index in [2.05, 4.69) is 18.7 Å². The molecule has 10 heteroatoms. The van der Waals surface area contributed by atoms with Crippen LogP contribution in [0.3, 0.4) is 0 Å². The van der Waals surface area contributed by atoms with Gasteiger partial charge in [-0.2, -0.15) is 5.10 Å². The zero-order chi connectivity index (χ0) is 31.2. The number of amides is 1. The summed E-state index contributed by atoms with van der Waals surface area (Å²) >= 11 is 1.49. The maximum absolute atomic E-state index is 16.0. The molecule has 1 saturated carbocycles. The van der Waals surface area contributed by atoms with Crippen molar-refractivity contribution in [3.8, 4) is 28.3 Å². The number of ether oxygens (including phenoxy) is 2. The molecule has 1 aliphatic carbocycles. The Morgan fingerprint density at radius 2 is 1.91 bits per heavy atom. The van der Waals surface area contributed by atoms with Gasteiger partial charge < -0.3 is 14.4 Å². The number of fused-ring (bicyclic) bond motifs is 2. The van der Waals surface area contributed by atoms with Gasteiger partial charge in [-0.1, -0.05) is 36.9 Å². The van der Waals surface area contributed by atoms with Gasteiger partial charge in [-0.15, -0.1) is 11.3 Å². The predicted octanol–water partition coefficient (Wildman–Crippen LogP) is 7.49. The summed E-state index contributed by atoms with van der Waals surface area (Å²) in [5, 5.41) is 7.88. The average Bonchev–Trinajstić information content (AvgIpc) is 3.45. The van der Waals surface area contributed by atoms with E-state index in [9.17, 15) is 9.18 Å². The van der Waals surface area contributed by atoms with Crippen molar-refractivity contribution in [1.29, 1.82) is 0 Å².